The summed E-state index contributed by atoms with van der Waals surface area (Å²) in [6.07, 6.45) is 6.33. The molecule has 1 aliphatic heterocycles. The molecular weight excluding hydrogens is 292 g/mol. The molecule has 1 saturated heterocycles. The summed E-state index contributed by atoms with van der Waals surface area (Å²) in [5.41, 5.74) is 6.74. The van der Waals surface area contributed by atoms with E-state index in [1.807, 2.05) is 24.3 Å². The quantitative estimate of drug-likeness (QED) is 0.934. The van der Waals surface area contributed by atoms with Gasteiger partial charge in [0.1, 0.15) is 12.0 Å². The van der Waals surface area contributed by atoms with Gasteiger partial charge in [0, 0.05) is 13.1 Å². The van der Waals surface area contributed by atoms with Crippen LogP contribution in [0.3, 0.4) is 0 Å². The van der Waals surface area contributed by atoms with Gasteiger partial charge in [0.25, 0.3) is 0 Å². The van der Waals surface area contributed by atoms with E-state index in [0.717, 1.165) is 31.7 Å². The number of rotatable bonds is 4. The van der Waals surface area contributed by atoms with Gasteiger partial charge in [-0.25, -0.2) is 4.98 Å². The molecular formula is C17H22N4O2. The fourth-order valence-electron chi connectivity index (χ4n) is 2.79. The Morgan fingerprint density at radius 1 is 1.00 bits per heavy atom. The zero-order valence-electron chi connectivity index (χ0n) is 13.4. The largest absolute Gasteiger partial charge is 0.493 e. The lowest BCUT2D eigenvalue weighted by Gasteiger charge is -2.23. The number of benzene rings is 1. The molecule has 1 aromatic heterocycles. The molecule has 0 atom stereocenters. The normalized spacial score (nSPS) is 15.1. The SMILES string of the molecule is COc1ccccc1Oc1ncnc(N2CCCCCC2)c1N. The summed E-state index contributed by atoms with van der Waals surface area (Å²) < 4.78 is 11.2. The first-order valence-corrected chi connectivity index (χ1v) is 7.96. The standard InChI is InChI=1S/C17H22N4O2/c1-22-13-8-4-5-9-14(13)23-17-15(18)16(19-12-20-17)21-10-6-2-3-7-11-21/h4-5,8-9,12H,2-3,6-7,10-11,18H2,1H3. The molecule has 2 heterocycles. The van der Waals surface area contributed by atoms with Crippen LogP contribution in [0.2, 0.25) is 0 Å². The van der Waals surface area contributed by atoms with Crippen molar-refractivity contribution >= 4 is 11.5 Å². The molecule has 0 saturated carbocycles. The van der Waals surface area contributed by atoms with Crippen molar-refractivity contribution in [3.05, 3.63) is 30.6 Å². The smallest absolute Gasteiger partial charge is 0.248 e. The lowest BCUT2D eigenvalue weighted by atomic mass is 10.2. The Labute approximate surface area is 136 Å². The molecule has 0 radical (unpaired) electrons. The van der Waals surface area contributed by atoms with E-state index >= 15 is 0 Å². The van der Waals surface area contributed by atoms with Crippen molar-refractivity contribution in [2.24, 2.45) is 0 Å². The van der Waals surface area contributed by atoms with Gasteiger partial charge in [-0.2, -0.15) is 4.98 Å². The van der Waals surface area contributed by atoms with E-state index in [9.17, 15) is 0 Å². The minimum atomic E-state index is 0.365. The summed E-state index contributed by atoms with van der Waals surface area (Å²) in [6, 6.07) is 7.43. The van der Waals surface area contributed by atoms with Crippen molar-refractivity contribution in [1.29, 1.82) is 0 Å². The summed E-state index contributed by atoms with van der Waals surface area (Å²) >= 11 is 0. The Hall–Kier alpha value is -2.50. The Kier molecular flexibility index (Phi) is 4.80. The van der Waals surface area contributed by atoms with Gasteiger partial charge in [-0.1, -0.05) is 25.0 Å². The van der Waals surface area contributed by atoms with Crippen LogP contribution in [-0.2, 0) is 0 Å². The van der Waals surface area contributed by atoms with Gasteiger partial charge in [-0.3, -0.25) is 0 Å². The van der Waals surface area contributed by atoms with Gasteiger partial charge in [0.15, 0.2) is 17.3 Å². The van der Waals surface area contributed by atoms with Gasteiger partial charge in [0.2, 0.25) is 5.88 Å². The van der Waals surface area contributed by atoms with Gasteiger partial charge >= 0.3 is 0 Å². The second-order valence-electron chi connectivity index (χ2n) is 5.57. The molecule has 6 nitrogen and oxygen atoms in total. The van der Waals surface area contributed by atoms with Gasteiger partial charge < -0.3 is 20.1 Å². The molecule has 2 aromatic rings. The average molecular weight is 314 g/mol. The van der Waals surface area contributed by atoms with Crippen LogP contribution in [0.5, 0.6) is 17.4 Å². The van der Waals surface area contributed by atoms with Gasteiger partial charge in [0.05, 0.1) is 7.11 Å². The van der Waals surface area contributed by atoms with E-state index in [1.54, 1.807) is 7.11 Å². The number of aromatic nitrogens is 2. The molecule has 2 N–H and O–H groups in total. The lowest BCUT2D eigenvalue weighted by molar-refractivity contribution is 0.374. The topological polar surface area (TPSA) is 73.5 Å². The molecule has 0 aliphatic carbocycles. The Morgan fingerprint density at radius 3 is 2.39 bits per heavy atom. The highest BCUT2D eigenvalue weighted by Crippen LogP contribution is 2.35. The maximum Gasteiger partial charge on any atom is 0.248 e. The molecule has 0 bridgehead atoms. The van der Waals surface area contributed by atoms with Crippen molar-refractivity contribution in [3.8, 4) is 17.4 Å². The number of hydrogen-bond donors (Lipinski definition) is 1. The van der Waals surface area contributed by atoms with Crippen LogP contribution >= 0.6 is 0 Å². The van der Waals surface area contributed by atoms with Crippen LogP contribution in [0.4, 0.5) is 11.5 Å². The summed E-state index contributed by atoms with van der Waals surface area (Å²) in [6.45, 7) is 1.94. The molecule has 0 amide bonds. The van der Waals surface area contributed by atoms with E-state index in [1.165, 1.54) is 19.2 Å². The molecule has 0 spiro atoms. The Morgan fingerprint density at radius 2 is 1.70 bits per heavy atom. The molecule has 3 rings (SSSR count). The maximum atomic E-state index is 6.27. The second-order valence-corrected chi connectivity index (χ2v) is 5.57. The number of ether oxygens (including phenoxy) is 2. The fraction of sp³-hybridized carbons (Fsp3) is 0.412. The average Bonchev–Trinajstić information content (AvgIpc) is 2.86. The summed E-state index contributed by atoms with van der Waals surface area (Å²) in [4.78, 5) is 10.8. The van der Waals surface area contributed by atoms with Crippen LogP contribution in [-0.4, -0.2) is 30.2 Å². The van der Waals surface area contributed by atoms with Crippen LogP contribution in [0.1, 0.15) is 25.7 Å². The van der Waals surface area contributed by atoms with E-state index in [-0.39, 0.29) is 0 Å². The van der Waals surface area contributed by atoms with Crippen molar-refractivity contribution in [1.82, 2.24) is 9.97 Å². The number of nitrogen functional groups attached to an aromatic ring is 1. The summed E-state index contributed by atoms with van der Waals surface area (Å²) in [5.74, 6) is 2.35. The van der Waals surface area contributed by atoms with Crippen molar-refractivity contribution in [2.75, 3.05) is 30.8 Å². The van der Waals surface area contributed by atoms with Crippen LogP contribution in [0.15, 0.2) is 30.6 Å². The third-order valence-corrected chi connectivity index (χ3v) is 4.01. The zero-order chi connectivity index (χ0) is 16.1. The highest BCUT2D eigenvalue weighted by molar-refractivity contribution is 5.68. The van der Waals surface area contributed by atoms with Crippen molar-refractivity contribution in [2.45, 2.75) is 25.7 Å². The Balaban J connectivity index is 1.87. The maximum absolute atomic E-state index is 6.27. The van der Waals surface area contributed by atoms with E-state index in [4.69, 9.17) is 15.2 Å². The fourth-order valence-corrected chi connectivity index (χ4v) is 2.79. The monoisotopic (exact) mass is 314 g/mol. The second kappa shape index (κ2) is 7.17. The van der Waals surface area contributed by atoms with Crippen molar-refractivity contribution < 1.29 is 9.47 Å². The number of methoxy groups -OCH3 is 1. The summed E-state index contributed by atoms with van der Waals surface area (Å²) in [7, 11) is 1.61. The summed E-state index contributed by atoms with van der Waals surface area (Å²) in [5, 5.41) is 0. The highest BCUT2D eigenvalue weighted by Gasteiger charge is 2.18. The minimum Gasteiger partial charge on any atom is -0.493 e. The highest BCUT2D eigenvalue weighted by atomic mass is 16.5. The van der Waals surface area contributed by atoms with Gasteiger partial charge in [-0.05, 0) is 25.0 Å². The minimum absolute atomic E-state index is 0.365. The molecule has 0 unspecified atom stereocenters. The molecule has 1 aliphatic rings. The third kappa shape index (κ3) is 3.47. The van der Waals surface area contributed by atoms with Crippen LogP contribution < -0.4 is 20.1 Å². The number of para-hydroxylation sites is 2. The first kappa shape index (κ1) is 15.4. The number of nitrogens with two attached hydrogens (primary N) is 1. The van der Waals surface area contributed by atoms with E-state index < -0.39 is 0 Å². The van der Waals surface area contributed by atoms with Crippen LogP contribution in [0, 0.1) is 0 Å². The molecule has 23 heavy (non-hydrogen) atoms. The Bertz CT molecular complexity index is 655. The number of hydrogen-bond acceptors (Lipinski definition) is 6. The molecule has 1 aromatic carbocycles. The predicted molar refractivity (Wildman–Crippen MR) is 90.2 cm³/mol. The lowest BCUT2D eigenvalue weighted by Crippen LogP contribution is -2.26. The number of nitrogens with zero attached hydrogens (tertiary/aromatic N) is 3. The zero-order valence-corrected chi connectivity index (χ0v) is 13.4. The van der Waals surface area contributed by atoms with Gasteiger partial charge in [-0.15, -0.1) is 0 Å². The molecule has 6 heteroatoms. The molecule has 1 fully saturated rings. The number of anilines is 2. The third-order valence-electron chi connectivity index (χ3n) is 4.01. The first-order chi connectivity index (χ1) is 11.3. The molecule has 122 valence electrons. The van der Waals surface area contributed by atoms with Crippen molar-refractivity contribution in [3.63, 3.8) is 0 Å². The van der Waals surface area contributed by atoms with E-state index in [2.05, 4.69) is 14.9 Å². The predicted octanol–water partition coefficient (Wildman–Crippen LogP) is 3.24. The van der Waals surface area contributed by atoms with E-state index in [0.29, 0.717) is 23.1 Å². The first-order valence-electron chi connectivity index (χ1n) is 7.96. The van der Waals surface area contributed by atoms with Crippen LogP contribution in [0.25, 0.3) is 0 Å².